The van der Waals surface area contributed by atoms with Crippen LogP contribution in [-0.2, 0) is 11.2 Å². The van der Waals surface area contributed by atoms with E-state index in [1.54, 1.807) is 11.8 Å². The molecule has 1 atom stereocenters. The quantitative estimate of drug-likeness (QED) is 0.633. The van der Waals surface area contributed by atoms with Gasteiger partial charge in [0.1, 0.15) is 5.75 Å². The van der Waals surface area contributed by atoms with Crippen LogP contribution in [0, 0.1) is 0 Å². The van der Waals surface area contributed by atoms with E-state index in [0.717, 1.165) is 23.5 Å². The Bertz CT molecular complexity index is 957. The van der Waals surface area contributed by atoms with Crippen LogP contribution in [0.4, 0.5) is 5.69 Å². The molecule has 1 aromatic heterocycles. The molecule has 27 heavy (non-hydrogen) atoms. The molecule has 1 aliphatic heterocycles. The second-order valence-corrected chi connectivity index (χ2v) is 7.51. The van der Waals surface area contributed by atoms with E-state index in [2.05, 4.69) is 21.6 Å². The molecule has 0 N–H and O–H groups in total. The number of amides is 1. The van der Waals surface area contributed by atoms with E-state index in [-0.39, 0.29) is 11.2 Å². The summed E-state index contributed by atoms with van der Waals surface area (Å²) in [5.41, 5.74) is 3.03. The number of rotatable bonds is 5. The normalized spacial score (nSPS) is 14.1. The molecule has 1 aliphatic rings. The van der Waals surface area contributed by atoms with Crippen molar-refractivity contribution in [3.63, 3.8) is 0 Å². The first-order valence-electron chi connectivity index (χ1n) is 8.66. The zero-order chi connectivity index (χ0) is 18.8. The molecule has 3 aromatic rings. The predicted molar refractivity (Wildman–Crippen MR) is 104 cm³/mol. The fourth-order valence-electron chi connectivity index (χ4n) is 3.13. The number of para-hydroxylation sites is 1. The van der Waals surface area contributed by atoms with E-state index in [9.17, 15) is 4.79 Å². The van der Waals surface area contributed by atoms with Crippen molar-refractivity contribution >= 4 is 23.4 Å². The number of ether oxygens (including phenoxy) is 1. The molecule has 1 amide bonds. The molecule has 8 heteroatoms. The smallest absolute Gasteiger partial charge is 0.240 e. The van der Waals surface area contributed by atoms with Crippen molar-refractivity contribution in [3.8, 4) is 11.4 Å². The van der Waals surface area contributed by atoms with Gasteiger partial charge in [0.15, 0.2) is 0 Å². The Morgan fingerprint density at radius 2 is 1.96 bits per heavy atom. The lowest BCUT2D eigenvalue weighted by molar-refractivity contribution is -0.117. The Kier molecular flexibility index (Phi) is 4.81. The first kappa shape index (κ1) is 17.5. The number of aromatic nitrogens is 4. The van der Waals surface area contributed by atoms with Crippen LogP contribution in [-0.4, -0.2) is 45.0 Å². The third-order valence-electron chi connectivity index (χ3n) is 4.54. The van der Waals surface area contributed by atoms with E-state index >= 15 is 0 Å². The summed E-state index contributed by atoms with van der Waals surface area (Å²) in [6, 6.07) is 15.5. The summed E-state index contributed by atoms with van der Waals surface area (Å²) in [7, 11) is 1.62. The number of carbonyl (C=O) groups is 1. The molecule has 0 unspecified atom stereocenters. The van der Waals surface area contributed by atoms with E-state index < -0.39 is 0 Å². The van der Waals surface area contributed by atoms with E-state index in [1.165, 1.54) is 17.3 Å². The molecular weight excluding hydrogens is 362 g/mol. The van der Waals surface area contributed by atoms with Crippen molar-refractivity contribution in [2.45, 2.75) is 23.8 Å². The van der Waals surface area contributed by atoms with Crippen molar-refractivity contribution in [1.29, 1.82) is 0 Å². The summed E-state index contributed by atoms with van der Waals surface area (Å²) in [5.74, 6) is 0.825. The van der Waals surface area contributed by atoms with Crippen LogP contribution in [0.5, 0.6) is 5.75 Å². The molecule has 0 aliphatic carbocycles. The van der Waals surface area contributed by atoms with Crippen molar-refractivity contribution in [2.24, 2.45) is 0 Å². The van der Waals surface area contributed by atoms with Crippen molar-refractivity contribution in [2.75, 3.05) is 18.6 Å². The molecular formula is C19H19N5O2S. The van der Waals surface area contributed by atoms with E-state index in [0.29, 0.717) is 11.7 Å². The number of hydrogen-bond acceptors (Lipinski definition) is 6. The second-order valence-electron chi connectivity index (χ2n) is 6.20. The fraction of sp³-hybridized carbons (Fsp3) is 0.263. The Balaban J connectivity index is 1.51. The number of thioether (sulfide) groups is 1. The number of benzene rings is 2. The third kappa shape index (κ3) is 3.40. The first-order chi connectivity index (χ1) is 13.2. The maximum atomic E-state index is 13.0. The maximum absolute atomic E-state index is 13.0. The van der Waals surface area contributed by atoms with Gasteiger partial charge in [0.2, 0.25) is 11.1 Å². The lowest BCUT2D eigenvalue weighted by Gasteiger charge is -2.21. The van der Waals surface area contributed by atoms with Crippen LogP contribution >= 0.6 is 11.8 Å². The molecule has 0 bridgehead atoms. The van der Waals surface area contributed by atoms with Crippen LogP contribution in [0.25, 0.3) is 5.69 Å². The summed E-state index contributed by atoms with van der Waals surface area (Å²) in [4.78, 5) is 14.8. The Hall–Kier alpha value is -2.87. The highest BCUT2D eigenvalue weighted by molar-refractivity contribution is 8.00. The second kappa shape index (κ2) is 7.40. The van der Waals surface area contributed by atoms with Gasteiger partial charge in [-0.05, 0) is 59.7 Å². The SMILES string of the molecule is COc1ccc(-n2nnnc2S[C@@H](C)C(=O)N2CCc3ccccc32)cc1. The van der Waals surface area contributed by atoms with Crippen molar-refractivity contribution in [1.82, 2.24) is 20.2 Å². The van der Waals surface area contributed by atoms with Gasteiger partial charge in [-0.15, -0.1) is 5.10 Å². The van der Waals surface area contributed by atoms with Crippen LogP contribution < -0.4 is 9.64 Å². The van der Waals surface area contributed by atoms with Gasteiger partial charge in [-0.1, -0.05) is 30.0 Å². The van der Waals surface area contributed by atoms with E-state index in [4.69, 9.17) is 4.74 Å². The molecule has 0 fully saturated rings. The predicted octanol–water partition coefficient (Wildman–Crippen LogP) is 2.74. The van der Waals surface area contributed by atoms with Gasteiger partial charge >= 0.3 is 0 Å². The molecule has 2 aromatic carbocycles. The number of tetrazole rings is 1. The molecule has 2 heterocycles. The van der Waals surface area contributed by atoms with Crippen molar-refractivity contribution < 1.29 is 9.53 Å². The molecule has 0 spiro atoms. The van der Waals surface area contributed by atoms with Gasteiger partial charge in [0.05, 0.1) is 18.0 Å². The van der Waals surface area contributed by atoms with Gasteiger partial charge in [-0.2, -0.15) is 4.68 Å². The van der Waals surface area contributed by atoms with Crippen LogP contribution in [0.15, 0.2) is 53.7 Å². The van der Waals surface area contributed by atoms with Crippen LogP contribution in [0.2, 0.25) is 0 Å². The molecule has 138 valence electrons. The summed E-state index contributed by atoms with van der Waals surface area (Å²) in [6.07, 6.45) is 0.892. The highest BCUT2D eigenvalue weighted by atomic mass is 32.2. The number of nitrogens with zero attached hydrogens (tertiary/aromatic N) is 5. The summed E-state index contributed by atoms with van der Waals surface area (Å²) in [5, 5.41) is 12.2. The Morgan fingerprint density at radius 1 is 1.19 bits per heavy atom. The number of methoxy groups -OCH3 is 1. The highest BCUT2D eigenvalue weighted by Crippen LogP contribution is 2.31. The standard InChI is InChI=1S/C19H19N5O2S/c1-13(18(25)23-12-11-14-5-3-4-6-17(14)23)27-19-20-21-22-24(19)15-7-9-16(26-2)10-8-15/h3-10,13H,11-12H2,1-2H3/t13-/m0/s1. The number of carbonyl (C=O) groups excluding carboxylic acids is 1. The largest absolute Gasteiger partial charge is 0.497 e. The molecule has 0 saturated heterocycles. The molecule has 0 radical (unpaired) electrons. The summed E-state index contributed by atoms with van der Waals surface area (Å²) in [6.45, 7) is 2.60. The van der Waals surface area contributed by atoms with Gasteiger partial charge in [-0.3, -0.25) is 4.79 Å². The van der Waals surface area contributed by atoms with Gasteiger partial charge in [-0.25, -0.2) is 0 Å². The summed E-state index contributed by atoms with van der Waals surface area (Å²) < 4.78 is 6.81. The van der Waals surface area contributed by atoms with Crippen LogP contribution in [0.3, 0.4) is 0 Å². The van der Waals surface area contributed by atoms with E-state index in [1.807, 2.05) is 54.3 Å². The number of anilines is 1. The zero-order valence-electron chi connectivity index (χ0n) is 15.1. The monoisotopic (exact) mass is 381 g/mol. The zero-order valence-corrected chi connectivity index (χ0v) is 15.9. The molecule has 0 saturated carbocycles. The Labute approximate surface area is 161 Å². The number of hydrogen-bond donors (Lipinski definition) is 0. The maximum Gasteiger partial charge on any atom is 0.240 e. The highest BCUT2D eigenvalue weighted by Gasteiger charge is 2.29. The lowest BCUT2D eigenvalue weighted by Crippen LogP contribution is -2.35. The van der Waals surface area contributed by atoms with Gasteiger partial charge < -0.3 is 9.64 Å². The first-order valence-corrected chi connectivity index (χ1v) is 9.54. The minimum absolute atomic E-state index is 0.0641. The average molecular weight is 381 g/mol. The molecule has 7 nitrogen and oxygen atoms in total. The topological polar surface area (TPSA) is 73.1 Å². The van der Waals surface area contributed by atoms with Crippen LogP contribution in [0.1, 0.15) is 12.5 Å². The van der Waals surface area contributed by atoms with Gasteiger partial charge in [0, 0.05) is 12.2 Å². The minimum Gasteiger partial charge on any atom is -0.497 e. The summed E-state index contributed by atoms with van der Waals surface area (Å²) >= 11 is 1.36. The molecule has 4 rings (SSSR count). The fourth-order valence-corrected chi connectivity index (χ4v) is 4.00. The Morgan fingerprint density at radius 3 is 2.74 bits per heavy atom. The average Bonchev–Trinajstić information content (AvgIpc) is 3.34. The van der Waals surface area contributed by atoms with Crippen molar-refractivity contribution in [3.05, 3.63) is 54.1 Å². The third-order valence-corrected chi connectivity index (χ3v) is 5.56. The minimum atomic E-state index is -0.306. The number of fused-ring (bicyclic) bond motifs is 1. The van der Waals surface area contributed by atoms with Gasteiger partial charge in [0.25, 0.3) is 0 Å². The lowest BCUT2D eigenvalue weighted by atomic mass is 10.2.